The molecule has 1 aliphatic rings. The van der Waals surface area contributed by atoms with E-state index in [1.807, 2.05) is 0 Å². The third kappa shape index (κ3) is 3.71. The lowest BCUT2D eigenvalue weighted by Gasteiger charge is -2.25. The van der Waals surface area contributed by atoms with Crippen LogP contribution in [0.15, 0.2) is 41.3 Å². The number of carbonyl (C=O) groups excluding carboxylic acids is 1. The molecular formula is C22H20F3NO4S. The number of rotatable bonds is 4. The molecule has 31 heavy (non-hydrogen) atoms. The van der Waals surface area contributed by atoms with E-state index in [0.29, 0.717) is 27.7 Å². The van der Waals surface area contributed by atoms with Crippen LogP contribution in [0.4, 0.5) is 13.2 Å². The van der Waals surface area contributed by atoms with Crippen LogP contribution in [0.5, 0.6) is 0 Å². The fraction of sp³-hybridized carbons (Fsp3) is 0.318. The molecule has 5 nitrogen and oxygen atoms in total. The number of hydrogen-bond acceptors (Lipinski definition) is 4. The molecule has 0 bridgehead atoms. The van der Waals surface area contributed by atoms with Crippen LogP contribution in [0.2, 0.25) is 0 Å². The number of esters is 1. The predicted molar refractivity (Wildman–Crippen MR) is 108 cm³/mol. The van der Waals surface area contributed by atoms with Gasteiger partial charge in [0.05, 0.1) is 17.8 Å². The lowest BCUT2D eigenvalue weighted by Crippen LogP contribution is -2.28. The molecular weight excluding hydrogens is 431 g/mol. The minimum Gasteiger partial charge on any atom is -0.468 e. The van der Waals surface area contributed by atoms with E-state index in [4.69, 9.17) is 4.74 Å². The van der Waals surface area contributed by atoms with E-state index in [-0.39, 0.29) is 17.9 Å². The zero-order chi connectivity index (χ0) is 22.6. The van der Waals surface area contributed by atoms with Crippen molar-refractivity contribution in [2.24, 2.45) is 0 Å². The third-order valence-corrected chi connectivity index (χ3v) is 7.54. The highest BCUT2D eigenvalue weighted by molar-refractivity contribution is 7.91. The average Bonchev–Trinajstić information content (AvgIpc) is 2.96. The standard InChI is InChI=1S/C22H20F3NO4S/c1-13-16(17-11-15(23)4-5-19(17)26(13)12-21(27)30-2)9-14-3-6-20-18(10-14)22(24,25)7-8-31(20,28)29/h3-6,10-11H,7-9,12H2,1-2H3. The average molecular weight is 451 g/mol. The Morgan fingerprint density at radius 3 is 2.65 bits per heavy atom. The number of benzene rings is 2. The molecule has 0 radical (unpaired) electrons. The highest BCUT2D eigenvalue weighted by Gasteiger charge is 2.43. The molecule has 0 spiro atoms. The Morgan fingerprint density at radius 1 is 1.19 bits per heavy atom. The number of carbonyl (C=O) groups is 1. The minimum absolute atomic E-state index is 0.0784. The van der Waals surface area contributed by atoms with Crippen LogP contribution >= 0.6 is 0 Å². The van der Waals surface area contributed by atoms with Gasteiger partial charge in [-0.2, -0.15) is 0 Å². The second-order valence-electron chi connectivity index (χ2n) is 7.67. The highest BCUT2D eigenvalue weighted by Crippen LogP contribution is 2.42. The van der Waals surface area contributed by atoms with E-state index >= 15 is 0 Å². The lowest BCUT2D eigenvalue weighted by atomic mass is 9.97. The number of ether oxygens (including phenoxy) is 1. The summed E-state index contributed by atoms with van der Waals surface area (Å²) in [5.74, 6) is -4.77. The first-order valence-electron chi connectivity index (χ1n) is 9.61. The summed E-state index contributed by atoms with van der Waals surface area (Å²) in [6, 6.07) is 8.11. The van der Waals surface area contributed by atoms with Crippen LogP contribution in [0.3, 0.4) is 0 Å². The van der Waals surface area contributed by atoms with Gasteiger partial charge in [-0.3, -0.25) is 4.79 Å². The molecule has 2 aromatic carbocycles. The second-order valence-corrected chi connectivity index (χ2v) is 9.75. The topological polar surface area (TPSA) is 65.4 Å². The van der Waals surface area contributed by atoms with Crippen molar-refractivity contribution in [2.45, 2.75) is 37.1 Å². The number of aromatic nitrogens is 1. The number of sulfone groups is 1. The molecule has 9 heteroatoms. The number of halogens is 3. The van der Waals surface area contributed by atoms with Crippen molar-refractivity contribution < 1.29 is 31.1 Å². The number of alkyl halides is 2. The largest absolute Gasteiger partial charge is 0.468 e. The third-order valence-electron chi connectivity index (χ3n) is 5.77. The molecule has 0 atom stereocenters. The molecule has 0 N–H and O–H groups in total. The first-order valence-corrected chi connectivity index (χ1v) is 11.3. The van der Waals surface area contributed by atoms with Crippen LogP contribution in [0.25, 0.3) is 10.9 Å². The van der Waals surface area contributed by atoms with Crippen molar-refractivity contribution in [3.8, 4) is 0 Å². The SMILES string of the molecule is COC(=O)Cn1c(C)c(Cc2ccc3c(c2)C(F)(F)CCS3(=O)=O)c2cc(F)ccc21. The predicted octanol–water partition coefficient (Wildman–Crippen LogP) is 4.12. The highest BCUT2D eigenvalue weighted by atomic mass is 32.2. The number of hydrogen-bond donors (Lipinski definition) is 0. The van der Waals surface area contributed by atoms with E-state index in [1.165, 1.54) is 37.4 Å². The summed E-state index contributed by atoms with van der Waals surface area (Å²) in [4.78, 5) is 11.5. The molecule has 0 unspecified atom stereocenters. The van der Waals surface area contributed by atoms with Gasteiger partial charge < -0.3 is 9.30 Å². The molecule has 0 saturated heterocycles. The fourth-order valence-corrected chi connectivity index (χ4v) is 5.66. The molecule has 4 rings (SSSR count). The van der Waals surface area contributed by atoms with Gasteiger partial charge in [0.25, 0.3) is 5.92 Å². The normalized spacial score (nSPS) is 16.8. The van der Waals surface area contributed by atoms with Crippen LogP contribution in [-0.2, 0) is 38.3 Å². The van der Waals surface area contributed by atoms with E-state index in [9.17, 15) is 26.4 Å². The van der Waals surface area contributed by atoms with Gasteiger partial charge in [-0.05, 0) is 54.8 Å². The molecule has 164 valence electrons. The summed E-state index contributed by atoms with van der Waals surface area (Å²) in [7, 11) is -2.48. The van der Waals surface area contributed by atoms with Gasteiger partial charge in [0.2, 0.25) is 0 Å². The minimum atomic E-state index is -3.75. The maximum absolute atomic E-state index is 14.5. The lowest BCUT2D eigenvalue weighted by molar-refractivity contribution is -0.141. The van der Waals surface area contributed by atoms with E-state index < -0.39 is 45.3 Å². The smallest absolute Gasteiger partial charge is 0.325 e. The molecule has 0 saturated carbocycles. The van der Waals surface area contributed by atoms with Crippen molar-refractivity contribution in [1.82, 2.24) is 4.57 Å². The zero-order valence-electron chi connectivity index (χ0n) is 16.9. The Kier molecular flexibility index (Phi) is 5.12. The molecule has 2 heterocycles. The first kappa shape index (κ1) is 21.4. The maximum Gasteiger partial charge on any atom is 0.325 e. The molecule has 0 amide bonds. The van der Waals surface area contributed by atoms with Crippen molar-refractivity contribution >= 4 is 26.7 Å². The Hall–Kier alpha value is -2.81. The number of fused-ring (bicyclic) bond motifs is 2. The van der Waals surface area contributed by atoms with Gasteiger partial charge in [0.15, 0.2) is 9.84 Å². The van der Waals surface area contributed by atoms with Crippen LogP contribution in [0, 0.1) is 12.7 Å². The summed E-state index contributed by atoms with van der Waals surface area (Å²) in [6.45, 7) is 1.68. The van der Waals surface area contributed by atoms with Gasteiger partial charge >= 0.3 is 5.97 Å². The van der Waals surface area contributed by atoms with E-state index in [2.05, 4.69) is 0 Å². The quantitative estimate of drug-likeness (QED) is 0.560. The molecule has 0 aliphatic carbocycles. The summed E-state index contributed by atoms with van der Waals surface area (Å²) in [6.07, 6.45) is -0.585. The second kappa shape index (κ2) is 7.40. The van der Waals surface area contributed by atoms with E-state index in [1.54, 1.807) is 17.6 Å². The zero-order valence-corrected chi connectivity index (χ0v) is 17.7. The summed E-state index contributed by atoms with van der Waals surface area (Å²) in [5, 5.41) is 0.554. The monoisotopic (exact) mass is 451 g/mol. The van der Waals surface area contributed by atoms with Gasteiger partial charge in [-0.15, -0.1) is 0 Å². The van der Waals surface area contributed by atoms with Gasteiger partial charge in [-0.25, -0.2) is 21.6 Å². The van der Waals surface area contributed by atoms with Gasteiger partial charge in [0, 0.05) is 28.6 Å². The van der Waals surface area contributed by atoms with Crippen molar-refractivity contribution in [3.63, 3.8) is 0 Å². The molecule has 3 aromatic rings. The molecule has 0 fully saturated rings. The summed E-state index contributed by atoms with van der Waals surface area (Å²) >= 11 is 0. The summed E-state index contributed by atoms with van der Waals surface area (Å²) < 4.78 is 73.7. The van der Waals surface area contributed by atoms with Crippen molar-refractivity contribution in [2.75, 3.05) is 12.9 Å². The van der Waals surface area contributed by atoms with Crippen LogP contribution in [0.1, 0.15) is 28.8 Å². The number of methoxy groups -OCH3 is 1. The number of nitrogens with zero attached hydrogens (tertiary/aromatic N) is 1. The van der Waals surface area contributed by atoms with Crippen molar-refractivity contribution in [3.05, 3.63) is 64.6 Å². The Bertz CT molecular complexity index is 1310. The molecule has 1 aromatic heterocycles. The maximum atomic E-state index is 14.5. The van der Waals surface area contributed by atoms with Crippen molar-refractivity contribution in [1.29, 1.82) is 0 Å². The Labute approximate surface area is 177 Å². The van der Waals surface area contributed by atoms with E-state index in [0.717, 1.165) is 0 Å². The van der Waals surface area contributed by atoms with Crippen LogP contribution in [-0.4, -0.2) is 31.8 Å². The summed E-state index contributed by atoms with van der Waals surface area (Å²) in [5.41, 5.74) is 1.92. The van der Waals surface area contributed by atoms with Gasteiger partial charge in [0.1, 0.15) is 12.4 Å². The Morgan fingerprint density at radius 2 is 1.94 bits per heavy atom. The first-order chi connectivity index (χ1) is 14.5. The fourth-order valence-electron chi connectivity index (χ4n) is 4.10. The Balaban J connectivity index is 1.84. The van der Waals surface area contributed by atoms with Gasteiger partial charge in [-0.1, -0.05) is 6.07 Å². The molecule has 1 aliphatic heterocycles. The van der Waals surface area contributed by atoms with Crippen LogP contribution < -0.4 is 0 Å².